The molecule has 1 aliphatic heterocycles. The number of hydrogen-bond acceptors (Lipinski definition) is 6. The van der Waals surface area contributed by atoms with E-state index in [0.29, 0.717) is 46.8 Å². The van der Waals surface area contributed by atoms with Crippen LogP contribution in [0.5, 0.6) is 5.75 Å². The third-order valence-corrected chi connectivity index (χ3v) is 8.84. The lowest BCUT2D eigenvalue weighted by Crippen LogP contribution is -2.30. The summed E-state index contributed by atoms with van der Waals surface area (Å²) in [6.07, 6.45) is 4.11. The number of alkyl halides is 1. The van der Waals surface area contributed by atoms with E-state index in [9.17, 15) is 19.5 Å². The maximum Gasteiger partial charge on any atom is 0.292 e. The highest BCUT2D eigenvalue weighted by molar-refractivity contribution is 6.19. The zero-order valence-corrected chi connectivity index (χ0v) is 24.9. The number of hydrazine groups is 1. The summed E-state index contributed by atoms with van der Waals surface area (Å²) in [6.45, 7) is 2.35. The van der Waals surface area contributed by atoms with Gasteiger partial charge in [0.25, 0.3) is 11.8 Å². The molecule has 11 nitrogen and oxygen atoms in total. The van der Waals surface area contributed by atoms with E-state index in [4.69, 9.17) is 21.9 Å². The number of nitrogens with one attached hydrogen (secondary N) is 4. The van der Waals surface area contributed by atoms with E-state index in [1.54, 1.807) is 41.3 Å². The number of carbonyl (C=O) groups is 3. The number of carbonyl (C=O) groups excluding carboxylic acids is 3. The standard InChI is InChI=1S/C33H29ClN6O5/c1-16-13-36-30-26(41)11-25-29(28(16)30)20(12-34)14-40(25)33(44)24-10-18-9-21(4-6-23(18)38-24)37-32(43)31-22-5-2-17(3-7-27(42)39-35)8-19(22)15-45-31/h2,4-6,8-11,13,15,20,36,38,41H,3,7,12,14,35H2,1H3,(H,37,43)(H,39,42)/t20-/m1/s1. The molecule has 0 bridgehead atoms. The van der Waals surface area contributed by atoms with E-state index in [-0.39, 0.29) is 35.7 Å². The predicted molar refractivity (Wildman–Crippen MR) is 173 cm³/mol. The highest BCUT2D eigenvalue weighted by atomic mass is 35.5. The molecule has 3 amide bonds. The number of nitrogens with zero attached hydrogens (tertiary/aromatic N) is 1. The summed E-state index contributed by atoms with van der Waals surface area (Å²) >= 11 is 6.36. The van der Waals surface area contributed by atoms with Crippen LogP contribution < -0.4 is 21.5 Å². The van der Waals surface area contributed by atoms with Gasteiger partial charge in [0.1, 0.15) is 11.4 Å². The minimum absolute atomic E-state index is 0.0724. The third kappa shape index (κ3) is 4.86. The smallest absolute Gasteiger partial charge is 0.292 e. The van der Waals surface area contributed by atoms with E-state index < -0.39 is 5.91 Å². The molecule has 0 saturated carbocycles. The Morgan fingerprint density at radius 2 is 1.98 bits per heavy atom. The molecular formula is C33H29ClN6O5. The van der Waals surface area contributed by atoms with Crippen molar-refractivity contribution in [1.29, 1.82) is 0 Å². The summed E-state index contributed by atoms with van der Waals surface area (Å²) < 4.78 is 5.62. The highest BCUT2D eigenvalue weighted by Crippen LogP contribution is 2.46. The first-order valence-electron chi connectivity index (χ1n) is 14.4. The maximum absolute atomic E-state index is 13.8. The fourth-order valence-electron chi connectivity index (χ4n) is 6.27. The Labute approximate surface area is 261 Å². The van der Waals surface area contributed by atoms with Crippen molar-refractivity contribution < 1.29 is 23.9 Å². The number of aromatic hydroxyl groups is 1. The van der Waals surface area contributed by atoms with Crippen LogP contribution in [0.2, 0.25) is 0 Å². The Bertz CT molecular complexity index is 2160. The van der Waals surface area contributed by atoms with Crippen LogP contribution in [0.15, 0.2) is 65.4 Å². The van der Waals surface area contributed by atoms with E-state index >= 15 is 0 Å². The van der Waals surface area contributed by atoms with Gasteiger partial charge in [-0.2, -0.15) is 0 Å². The van der Waals surface area contributed by atoms with Crippen LogP contribution >= 0.6 is 11.6 Å². The molecule has 1 atom stereocenters. The highest BCUT2D eigenvalue weighted by Gasteiger charge is 2.36. The Morgan fingerprint density at radius 1 is 1.13 bits per heavy atom. The molecule has 12 heteroatoms. The lowest BCUT2D eigenvalue weighted by molar-refractivity contribution is -0.121. The number of rotatable bonds is 7. The first kappa shape index (κ1) is 28.5. The number of H-pyrrole nitrogens is 2. The van der Waals surface area contributed by atoms with E-state index in [2.05, 4.69) is 20.7 Å². The SMILES string of the molecule is Cc1c[nH]c2c(O)cc3c(c12)[C@H](CCl)CN3C(=O)c1cc2cc(NC(=O)c3occ4cc(CCC(=O)NN)ccc34)ccc2[nH]1. The van der Waals surface area contributed by atoms with Gasteiger partial charge in [0, 0.05) is 69.8 Å². The van der Waals surface area contributed by atoms with Crippen LogP contribution in [-0.2, 0) is 11.2 Å². The minimum atomic E-state index is -0.418. The zero-order valence-electron chi connectivity index (χ0n) is 24.2. The van der Waals surface area contributed by atoms with Crippen LogP contribution in [-0.4, -0.2) is 45.2 Å². The fraction of sp³-hybridized carbons (Fsp3) is 0.182. The summed E-state index contributed by atoms with van der Waals surface area (Å²) in [5, 5.41) is 16.6. The first-order chi connectivity index (χ1) is 21.7. The topological polar surface area (TPSA) is 169 Å². The van der Waals surface area contributed by atoms with Crippen molar-refractivity contribution >= 4 is 73.3 Å². The van der Waals surface area contributed by atoms with Crippen molar-refractivity contribution in [2.75, 3.05) is 22.6 Å². The first-order valence-corrected chi connectivity index (χ1v) is 14.9. The number of benzene rings is 3. The molecule has 4 heterocycles. The number of phenolic OH excluding ortho intramolecular Hbond substituents is 1. The van der Waals surface area contributed by atoms with Gasteiger partial charge in [0.05, 0.1) is 17.5 Å². The molecule has 45 heavy (non-hydrogen) atoms. The molecule has 228 valence electrons. The number of aryl methyl sites for hydroxylation is 2. The molecular weight excluding hydrogens is 596 g/mol. The van der Waals surface area contributed by atoms with Crippen LogP contribution in [0.3, 0.4) is 0 Å². The Kier molecular flexibility index (Phi) is 6.99. The normalized spacial score (nSPS) is 14.4. The van der Waals surface area contributed by atoms with Crippen LogP contribution in [0.4, 0.5) is 11.4 Å². The van der Waals surface area contributed by atoms with Gasteiger partial charge in [-0.25, -0.2) is 5.84 Å². The number of phenols is 1. The summed E-state index contributed by atoms with van der Waals surface area (Å²) in [6, 6.07) is 14.2. The van der Waals surface area contributed by atoms with E-state index in [1.165, 1.54) is 6.26 Å². The number of aromatic nitrogens is 2. The van der Waals surface area contributed by atoms with E-state index in [0.717, 1.165) is 38.4 Å². The minimum Gasteiger partial charge on any atom is -0.506 e. The molecule has 7 rings (SSSR count). The number of amides is 3. The van der Waals surface area contributed by atoms with Crippen LogP contribution in [0.25, 0.3) is 32.6 Å². The number of furan rings is 1. The zero-order chi connectivity index (χ0) is 31.4. The van der Waals surface area contributed by atoms with Gasteiger partial charge in [0.15, 0.2) is 5.76 Å². The number of anilines is 2. The van der Waals surface area contributed by atoms with Crippen LogP contribution in [0.1, 0.15) is 50.1 Å². The molecule has 0 saturated heterocycles. The largest absolute Gasteiger partial charge is 0.506 e. The van der Waals surface area contributed by atoms with E-state index in [1.807, 2.05) is 25.3 Å². The quantitative estimate of drug-likeness (QED) is 0.0587. The molecule has 0 unspecified atom stereocenters. The number of nitrogens with two attached hydrogens (primary N) is 1. The molecule has 3 aromatic carbocycles. The molecule has 3 aromatic heterocycles. The molecule has 7 N–H and O–H groups in total. The number of hydrogen-bond donors (Lipinski definition) is 6. The van der Waals surface area contributed by atoms with Gasteiger partial charge >= 0.3 is 0 Å². The molecule has 6 aromatic rings. The average Bonchev–Trinajstić information content (AvgIpc) is 3.82. The molecule has 0 spiro atoms. The van der Waals surface area contributed by atoms with Crippen LogP contribution in [0, 0.1) is 6.92 Å². The Hall–Kier alpha value is -5.26. The summed E-state index contributed by atoms with van der Waals surface area (Å²) in [7, 11) is 0. The summed E-state index contributed by atoms with van der Waals surface area (Å²) in [5.74, 6) is 4.71. The van der Waals surface area contributed by atoms with Gasteiger partial charge < -0.3 is 29.7 Å². The van der Waals surface area contributed by atoms with Crippen molar-refractivity contribution in [3.8, 4) is 5.75 Å². The van der Waals surface area contributed by atoms with Crippen molar-refractivity contribution in [3.05, 3.63) is 89.1 Å². The van der Waals surface area contributed by atoms with Crippen molar-refractivity contribution in [2.45, 2.75) is 25.7 Å². The van der Waals surface area contributed by atoms with Gasteiger partial charge in [-0.05, 0) is 60.4 Å². The van der Waals surface area contributed by atoms with Gasteiger partial charge in [0.2, 0.25) is 5.91 Å². The van der Waals surface area contributed by atoms with Crippen molar-refractivity contribution in [3.63, 3.8) is 0 Å². The lowest BCUT2D eigenvalue weighted by atomic mass is 9.97. The second-order valence-electron chi connectivity index (χ2n) is 11.3. The van der Waals surface area contributed by atoms with Gasteiger partial charge in [-0.1, -0.05) is 12.1 Å². The predicted octanol–water partition coefficient (Wildman–Crippen LogP) is 5.57. The average molecular weight is 625 g/mol. The molecule has 0 aliphatic carbocycles. The Balaban J connectivity index is 1.12. The fourth-order valence-corrected chi connectivity index (χ4v) is 6.52. The maximum atomic E-state index is 13.8. The molecule has 0 fully saturated rings. The number of fused-ring (bicyclic) bond motifs is 5. The monoisotopic (exact) mass is 624 g/mol. The summed E-state index contributed by atoms with van der Waals surface area (Å²) in [5.41, 5.74) is 7.87. The van der Waals surface area contributed by atoms with Crippen molar-refractivity contribution in [1.82, 2.24) is 15.4 Å². The number of halogens is 1. The van der Waals surface area contributed by atoms with Gasteiger partial charge in [-0.3, -0.25) is 19.8 Å². The lowest BCUT2D eigenvalue weighted by Gasteiger charge is -2.17. The number of aromatic amines is 2. The second kappa shape index (κ2) is 11.0. The second-order valence-corrected chi connectivity index (χ2v) is 11.6. The third-order valence-electron chi connectivity index (χ3n) is 8.47. The summed E-state index contributed by atoms with van der Waals surface area (Å²) in [4.78, 5) is 46.4. The van der Waals surface area contributed by atoms with Gasteiger partial charge in [-0.15, -0.1) is 11.6 Å². The molecule has 1 aliphatic rings. The molecule has 0 radical (unpaired) electrons. The van der Waals surface area contributed by atoms with Crippen molar-refractivity contribution in [2.24, 2.45) is 5.84 Å². The Morgan fingerprint density at radius 3 is 2.78 bits per heavy atom.